The number of hydrogen-bond donors (Lipinski definition) is 1. The van der Waals surface area contributed by atoms with Crippen LogP contribution < -0.4 is 5.73 Å². The van der Waals surface area contributed by atoms with Gasteiger partial charge < -0.3 is 10.5 Å². The number of nitrogens with two attached hydrogens (primary N) is 1. The highest BCUT2D eigenvalue weighted by Crippen LogP contribution is 2.41. The minimum absolute atomic E-state index is 0.0383. The second-order valence-corrected chi connectivity index (χ2v) is 5.83. The van der Waals surface area contributed by atoms with Crippen LogP contribution in [0.4, 0.5) is 5.82 Å². The summed E-state index contributed by atoms with van der Waals surface area (Å²) in [7, 11) is 1.69. The van der Waals surface area contributed by atoms with Crippen LogP contribution in [0, 0.1) is 5.41 Å². The van der Waals surface area contributed by atoms with E-state index in [4.69, 9.17) is 10.5 Å². The molecule has 1 fully saturated rings. The van der Waals surface area contributed by atoms with Gasteiger partial charge in [0.15, 0.2) is 5.82 Å². The number of ether oxygens (including phenoxy) is 1. The van der Waals surface area contributed by atoms with Gasteiger partial charge in [0.1, 0.15) is 11.9 Å². The third kappa shape index (κ3) is 2.75. The molecule has 1 saturated carbocycles. The summed E-state index contributed by atoms with van der Waals surface area (Å²) in [5.74, 6) is 1.83. The summed E-state index contributed by atoms with van der Waals surface area (Å²) < 4.78 is 5.53. The van der Waals surface area contributed by atoms with Crippen LogP contribution in [0.1, 0.15) is 57.2 Å². The van der Waals surface area contributed by atoms with Crippen molar-refractivity contribution in [2.24, 2.45) is 5.41 Å². The molecule has 0 saturated heterocycles. The number of rotatable bonds is 3. The zero-order chi connectivity index (χ0) is 12.6. The Morgan fingerprint density at radius 3 is 2.47 bits per heavy atom. The normalized spacial score (nSPS) is 18.1. The number of anilines is 1. The highest BCUT2D eigenvalue weighted by atomic mass is 16.5. The van der Waals surface area contributed by atoms with Gasteiger partial charge in [-0.05, 0) is 18.3 Å². The first-order valence-electron chi connectivity index (χ1n) is 6.09. The van der Waals surface area contributed by atoms with Crippen LogP contribution in [0.25, 0.3) is 0 Å². The average molecular weight is 235 g/mol. The monoisotopic (exact) mass is 235 g/mol. The molecule has 1 aromatic heterocycles. The summed E-state index contributed by atoms with van der Waals surface area (Å²) in [6.07, 6.45) is 2.30. The molecule has 1 aliphatic carbocycles. The molecular weight excluding hydrogens is 214 g/mol. The summed E-state index contributed by atoms with van der Waals surface area (Å²) in [5.41, 5.74) is 6.88. The van der Waals surface area contributed by atoms with Gasteiger partial charge in [-0.15, -0.1) is 0 Å². The standard InChI is InChI=1S/C13H21N3O/c1-13(2,3)11(17-4)12-15-9(8-5-6-8)7-10(14)16-12/h7-8,11H,5-6H2,1-4H3,(H2,14,15,16). The Bertz CT molecular complexity index is 408. The molecule has 1 aliphatic rings. The van der Waals surface area contributed by atoms with Crippen LogP contribution in [0.2, 0.25) is 0 Å². The maximum absolute atomic E-state index is 5.85. The predicted molar refractivity (Wildman–Crippen MR) is 67.6 cm³/mol. The van der Waals surface area contributed by atoms with Crippen LogP contribution in [0.5, 0.6) is 0 Å². The van der Waals surface area contributed by atoms with E-state index >= 15 is 0 Å². The van der Waals surface area contributed by atoms with E-state index in [1.807, 2.05) is 6.07 Å². The molecule has 4 heteroatoms. The minimum atomic E-state index is -0.122. The minimum Gasteiger partial charge on any atom is -0.384 e. The third-order valence-corrected chi connectivity index (χ3v) is 3.04. The molecule has 4 nitrogen and oxygen atoms in total. The summed E-state index contributed by atoms with van der Waals surface area (Å²) >= 11 is 0. The van der Waals surface area contributed by atoms with Crippen LogP contribution in [0.15, 0.2) is 6.07 Å². The molecule has 1 heterocycles. The molecule has 0 amide bonds. The molecule has 17 heavy (non-hydrogen) atoms. The lowest BCUT2D eigenvalue weighted by Gasteiger charge is -2.28. The van der Waals surface area contributed by atoms with Crippen molar-refractivity contribution < 1.29 is 4.74 Å². The van der Waals surface area contributed by atoms with E-state index < -0.39 is 0 Å². The predicted octanol–water partition coefficient (Wildman–Crippen LogP) is 2.67. The molecule has 2 rings (SSSR count). The fourth-order valence-corrected chi connectivity index (χ4v) is 2.06. The molecule has 1 atom stereocenters. The highest BCUT2D eigenvalue weighted by molar-refractivity contribution is 5.33. The smallest absolute Gasteiger partial charge is 0.160 e. The third-order valence-electron chi connectivity index (χ3n) is 3.04. The maximum atomic E-state index is 5.85. The summed E-state index contributed by atoms with van der Waals surface area (Å²) in [4.78, 5) is 8.94. The Balaban J connectivity index is 2.36. The van der Waals surface area contributed by atoms with Crippen LogP contribution in [0.3, 0.4) is 0 Å². The second-order valence-electron chi connectivity index (χ2n) is 5.83. The zero-order valence-corrected chi connectivity index (χ0v) is 11.0. The Morgan fingerprint density at radius 2 is 2.00 bits per heavy atom. The molecular formula is C13H21N3O. The van der Waals surface area contributed by atoms with E-state index in [1.165, 1.54) is 12.8 Å². The molecule has 0 spiro atoms. The Morgan fingerprint density at radius 1 is 1.35 bits per heavy atom. The van der Waals surface area contributed by atoms with E-state index in [0.29, 0.717) is 17.6 Å². The fraction of sp³-hybridized carbons (Fsp3) is 0.692. The summed E-state index contributed by atoms with van der Waals surface area (Å²) in [6, 6.07) is 1.89. The Hall–Kier alpha value is -1.16. The van der Waals surface area contributed by atoms with Gasteiger partial charge in [0.2, 0.25) is 0 Å². The molecule has 2 N–H and O–H groups in total. The second kappa shape index (κ2) is 4.26. The van der Waals surface area contributed by atoms with Crippen molar-refractivity contribution in [1.29, 1.82) is 0 Å². The van der Waals surface area contributed by atoms with Crippen molar-refractivity contribution in [3.63, 3.8) is 0 Å². The molecule has 1 unspecified atom stereocenters. The van der Waals surface area contributed by atoms with Gasteiger partial charge in [0.05, 0.1) is 0 Å². The first kappa shape index (κ1) is 12.3. The largest absolute Gasteiger partial charge is 0.384 e. The summed E-state index contributed by atoms with van der Waals surface area (Å²) in [6.45, 7) is 6.35. The lowest BCUT2D eigenvalue weighted by atomic mass is 9.88. The Labute approximate surface area is 103 Å². The van der Waals surface area contributed by atoms with Gasteiger partial charge in [0, 0.05) is 24.8 Å². The van der Waals surface area contributed by atoms with Gasteiger partial charge in [0.25, 0.3) is 0 Å². The summed E-state index contributed by atoms with van der Waals surface area (Å²) in [5, 5.41) is 0. The number of hydrogen-bond acceptors (Lipinski definition) is 4. The van der Waals surface area contributed by atoms with E-state index in [1.54, 1.807) is 7.11 Å². The first-order chi connectivity index (χ1) is 7.91. The van der Waals surface area contributed by atoms with Gasteiger partial charge in [-0.3, -0.25) is 0 Å². The first-order valence-corrected chi connectivity index (χ1v) is 6.09. The SMILES string of the molecule is COC(c1nc(N)cc(C2CC2)n1)C(C)(C)C. The molecule has 0 bridgehead atoms. The van der Waals surface area contributed by atoms with Gasteiger partial charge in [-0.2, -0.15) is 0 Å². The maximum Gasteiger partial charge on any atom is 0.160 e. The lowest BCUT2D eigenvalue weighted by molar-refractivity contribution is 0.00862. The number of aromatic nitrogens is 2. The fourth-order valence-electron chi connectivity index (χ4n) is 2.06. The number of nitrogen functional groups attached to an aromatic ring is 1. The number of methoxy groups -OCH3 is 1. The van der Waals surface area contributed by atoms with Crippen molar-refractivity contribution in [3.05, 3.63) is 17.6 Å². The van der Waals surface area contributed by atoms with E-state index in [-0.39, 0.29) is 11.5 Å². The van der Waals surface area contributed by atoms with Crippen LogP contribution >= 0.6 is 0 Å². The molecule has 0 aromatic carbocycles. The topological polar surface area (TPSA) is 61.0 Å². The van der Waals surface area contributed by atoms with Crippen molar-refractivity contribution in [3.8, 4) is 0 Å². The van der Waals surface area contributed by atoms with Crippen molar-refractivity contribution >= 4 is 5.82 Å². The van der Waals surface area contributed by atoms with Gasteiger partial charge in [-0.25, -0.2) is 9.97 Å². The van der Waals surface area contributed by atoms with E-state index in [9.17, 15) is 0 Å². The van der Waals surface area contributed by atoms with Crippen LogP contribution in [-0.4, -0.2) is 17.1 Å². The molecule has 0 radical (unpaired) electrons. The Kier molecular flexibility index (Phi) is 3.08. The molecule has 0 aliphatic heterocycles. The molecule has 94 valence electrons. The van der Waals surface area contributed by atoms with E-state index in [2.05, 4.69) is 30.7 Å². The van der Waals surface area contributed by atoms with E-state index in [0.717, 1.165) is 5.69 Å². The molecule has 1 aromatic rings. The highest BCUT2D eigenvalue weighted by Gasteiger charge is 2.31. The van der Waals surface area contributed by atoms with Crippen molar-refractivity contribution in [2.75, 3.05) is 12.8 Å². The van der Waals surface area contributed by atoms with Crippen molar-refractivity contribution in [1.82, 2.24) is 9.97 Å². The van der Waals surface area contributed by atoms with Crippen LogP contribution in [-0.2, 0) is 4.74 Å². The quantitative estimate of drug-likeness (QED) is 0.875. The number of nitrogens with zero attached hydrogens (tertiary/aromatic N) is 2. The van der Waals surface area contributed by atoms with Crippen molar-refractivity contribution in [2.45, 2.75) is 45.6 Å². The lowest BCUT2D eigenvalue weighted by Crippen LogP contribution is -2.23. The zero-order valence-electron chi connectivity index (χ0n) is 11.0. The van der Waals surface area contributed by atoms with Gasteiger partial charge >= 0.3 is 0 Å². The van der Waals surface area contributed by atoms with Gasteiger partial charge in [-0.1, -0.05) is 20.8 Å². The average Bonchev–Trinajstić information content (AvgIpc) is 2.98.